The lowest BCUT2D eigenvalue weighted by atomic mass is 10.0. The summed E-state index contributed by atoms with van der Waals surface area (Å²) in [5.41, 5.74) is 11.6. The van der Waals surface area contributed by atoms with Crippen molar-refractivity contribution in [1.29, 1.82) is 0 Å². The van der Waals surface area contributed by atoms with Gasteiger partial charge in [0.15, 0.2) is 17.5 Å². The third-order valence-corrected chi connectivity index (χ3v) is 7.71. The van der Waals surface area contributed by atoms with E-state index in [1.54, 1.807) is 0 Å². The minimum Gasteiger partial charge on any atom is -0.309 e. The first-order valence-corrected chi connectivity index (χ1v) is 14.0. The fraction of sp³-hybridized carbons (Fsp3) is 0.108. The Kier molecular flexibility index (Phi) is 5.97. The molecule has 4 nitrogen and oxygen atoms in total. The number of benzene rings is 5. The number of hydrogen-bond donors (Lipinski definition) is 0. The van der Waals surface area contributed by atoms with Crippen LogP contribution in [0.5, 0.6) is 0 Å². The molecule has 0 aliphatic carbocycles. The van der Waals surface area contributed by atoms with Gasteiger partial charge in [0.1, 0.15) is 0 Å². The predicted molar refractivity (Wildman–Crippen MR) is 169 cm³/mol. The molecule has 0 fully saturated rings. The normalized spacial score (nSPS) is 11.4. The molecule has 7 rings (SSSR count). The molecule has 5 aromatic carbocycles. The Labute approximate surface area is 240 Å². The highest BCUT2D eigenvalue weighted by molar-refractivity contribution is 6.11. The standard InChI is InChI=1S/C37H30N4/c1-23-19-25(3)33-31(21-23)32-22-24(2)20-26(4)34(32)41(33)30-17-15-29(16-18-30)37-39-35(27-11-7-5-8-12-27)38-36(40-37)28-13-9-6-10-14-28/h5-22H,1-4H3. The lowest BCUT2D eigenvalue weighted by Gasteiger charge is -2.13. The maximum atomic E-state index is 4.91. The van der Waals surface area contributed by atoms with Crippen LogP contribution in [-0.4, -0.2) is 19.5 Å². The second kappa shape index (κ2) is 9.83. The summed E-state index contributed by atoms with van der Waals surface area (Å²) >= 11 is 0. The van der Waals surface area contributed by atoms with Crippen LogP contribution in [0.4, 0.5) is 0 Å². The first kappa shape index (κ1) is 24.9. The molecule has 0 bridgehead atoms. The third kappa shape index (κ3) is 4.38. The molecule has 0 saturated heterocycles. The first-order chi connectivity index (χ1) is 20.0. The van der Waals surface area contributed by atoms with Crippen molar-refractivity contribution in [1.82, 2.24) is 19.5 Å². The van der Waals surface area contributed by atoms with Crippen molar-refractivity contribution in [2.75, 3.05) is 0 Å². The SMILES string of the molecule is Cc1cc(C)c2c(c1)c1cc(C)cc(C)c1n2-c1ccc(-c2nc(-c3ccccc3)nc(-c3ccccc3)n2)cc1. The van der Waals surface area contributed by atoms with Gasteiger partial charge in [0.05, 0.1) is 11.0 Å². The summed E-state index contributed by atoms with van der Waals surface area (Å²) in [5, 5.41) is 2.59. The van der Waals surface area contributed by atoms with Gasteiger partial charge in [-0.05, 0) is 75.2 Å². The second-order valence-corrected chi connectivity index (χ2v) is 10.9. The van der Waals surface area contributed by atoms with E-state index in [1.807, 2.05) is 60.7 Å². The van der Waals surface area contributed by atoms with Gasteiger partial charge in [-0.25, -0.2) is 15.0 Å². The summed E-state index contributed by atoms with van der Waals surface area (Å²) in [6, 6.07) is 38.0. The molecule has 2 heterocycles. The van der Waals surface area contributed by atoms with E-state index in [-0.39, 0.29) is 0 Å². The van der Waals surface area contributed by atoms with Crippen molar-refractivity contribution in [2.45, 2.75) is 27.7 Å². The van der Waals surface area contributed by atoms with Crippen LogP contribution >= 0.6 is 0 Å². The molecule has 0 aliphatic rings. The van der Waals surface area contributed by atoms with E-state index in [0.29, 0.717) is 17.5 Å². The molecule has 0 atom stereocenters. The molecule has 0 N–H and O–H groups in total. The molecule has 0 unspecified atom stereocenters. The van der Waals surface area contributed by atoms with Crippen LogP contribution in [0, 0.1) is 27.7 Å². The summed E-state index contributed by atoms with van der Waals surface area (Å²) in [7, 11) is 0. The van der Waals surface area contributed by atoms with Crippen molar-refractivity contribution in [3.05, 3.63) is 131 Å². The van der Waals surface area contributed by atoms with Crippen molar-refractivity contribution < 1.29 is 0 Å². The Balaban J connectivity index is 1.40. The highest BCUT2D eigenvalue weighted by Crippen LogP contribution is 2.37. The zero-order valence-electron chi connectivity index (χ0n) is 23.7. The summed E-state index contributed by atoms with van der Waals surface area (Å²) < 4.78 is 2.41. The Morgan fingerprint density at radius 3 is 1.24 bits per heavy atom. The van der Waals surface area contributed by atoms with Crippen molar-refractivity contribution in [3.63, 3.8) is 0 Å². The van der Waals surface area contributed by atoms with Gasteiger partial charge in [-0.1, -0.05) is 83.9 Å². The van der Waals surface area contributed by atoms with Crippen LogP contribution in [0.1, 0.15) is 22.3 Å². The van der Waals surface area contributed by atoms with E-state index in [0.717, 1.165) is 22.4 Å². The predicted octanol–water partition coefficient (Wildman–Crippen LogP) is 9.20. The van der Waals surface area contributed by atoms with Crippen LogP contribution in [0.25, 0.3) is 61.7 Å². The monoisotopic (exact) mass is 530 g/mol. The largest absolute Gasteiger partial charge is 0.309 e. The zero-order chi connectivity index (χ0) is 28.1. The smallest absolute Gasteiger partial charge is 0.164 e. The van der Waals surface area contributed by atoms with E-state index in [4.69, 9.17) is 15.0 Å². The lowest BCUT2D eigenvalue weighted by molar-refractivity contribution is 1.07. The number of aryl methyl sites for hydroxylation is 4. The quantitative estimate of drug-likeness (QED) is 0.228. The zero-order valence-corrected chi connectivity index (χ0v) is 23.7. The van der Waals surface area contributed by atoms with Crippen molar-refractivity contribution >= 4 is 21.8 Å². The molecular weight excluding hydrogens is 500 g/mol. The molecule has 0 radical (unpaired) electrons. The molecule has 0 spiro atoms. The lowest BCUT2D eigenvalue weighted by Crippen LogP contribution is -2.01. The van der Waals surface area contributed by atoms with E-state index in [1.165, 1.54) is 44.1 Å². The first-order valence-electron chi connectivity index (χ1n) is 14.0. The third-order valence-electron chi connectivity index (χ3n) is 7.71. The summed E-state index contributed by atoms with van der Waals surface area (Å²) in [4.78, 5) is 14.7. The van der Waals surface area contributed by atoms with Gasteiger partial charge < -0.3 is 4.57 Å². The van der Waals surface area contributed by atoms with Crippen LogP contribution in [-0.2, 0) is 0 Å². The van der Waals surface area contributed by atoms with Crippen LogP contribution < -0.4 is 0 Å². The van der Waals surface area contributed by atoms with E-state index in [9.17, 15) is 0 Å². The number of nitrogens with zero attached hydrogens (tertiary/aromatic N) is 4. The molecule has 0 saturated carbocycles. The van der Waals surface area contributed by atoms with E-state index >= 15 is 0 Å². The second-order valence-electron chi connectivity index (χ2n) is 10.9. The van der Waals surface area contributed by atoms with Gasteiger partial charge in [-0.15, -0.1) is 0 Å². The summed E-state index contributed by atoms with van der Waals surface area (Å²) in [6.07, 6.45) is 0. The topological polar surface area (TPSA) is 43.6 Å². The number of fused-ring (bicyclic) bond motifs is 3. The van der Waals surface area contributed by atoms with Gasteiger partial charge in [-0.3, -0.25) is 0 Å². The molecular formula is C37H30N4. The van der Waals surface area contributed by atoms with Gasteiger partial charge in [0, 0.05) is 33.2 Å². The van der Waals surface area contributed by atoms with Crippen molar-refractivity contribution in [3.8, 4) is 39.9 Å². The highest BCUT2D eigenvalue weighted by Gasteiger charge is 2.18. The van der Waals surface area contributed by atoms with E-state index < -0.39 is 0 Å². The minimum atomic E-state index is 0.657. The molecule has 0 aliphatic heterocycles. The highest BCUT2D eigenvalue weighted by atomic mass is 15.0. The number of hydrogen-bond acceptors (Lipinski definition) is 3. The Morgan fingerprint density at radius 2 is 0.829 bits per heavy atom. The van der Waals surface area contributed by atoms with Crippen LogP contribution in [0.3, 0.4) is 0 Å². The number of rotatable bonds is 4. The number of aromatic nitrogens is 4. The van der Waals surface area contributed by atoms with Gasteiger partial charge >= 0.3 is 0 Å². The van der Waals surface area contributed by atoms with Crippen LogP contribution in [0.15, 0.2) is 109 Å². The summed E-state index contributed by atoms with van der Waals surface area (Å²) in [5.74, 6) is 1.99. The molecule has 4 heteroatoms. The maximum Gasteiger partial charge on any atom is 0.164 e. The van der Waals surface area contributed by atoms with E-state index in [2.05, 4.69) is 80.8 Å². The Morgan fingerprint density at radius 1 is 0.439 bits per heavy atom. The fourth-order valence-electron chi connectivity index (χ4n) is 5.99. The Bertz CT molecular complexity index is 1930. The molecule has 7 aromatic rings. The van der Waals surface area contributed by atoms with Crippen LogP contribution in [0.2, 0.25) is 0 Å². The average molecular weight is 531 g/mol. The fourth-order valence-corrected chi connectivity index (χ4v) is 5.99. The Hall–Kier alpha value is -5.09. The van der Waals surface area contributed by atoms with Gasteiger partial charge in [-0.2, -0.15) is 0 Å². The molecule has 41 heavy (non-hydrogen) atoms. The van der Waals surface area contributed by atoms with Gasteiger partial charge in [0.2, 0.25) is 0 Å². The average Bonchev–Trinajstić information content (AvgIpc) is 3.32. The summed E-state index contributed by atoms with van der Waals surface area (Å²) in [6.45, 7) is 8.77. The molecule has 198 valence electrons. The molecule has 0 amide bonds. The molecule has 2 aromatic heterocycles. The van der Waals surface area contributed by atoms with Gasteiger partial charge in [0.25, 0.3) is 0 Å². The van der Waals surface area contributed by atoms with Crippen molar-refractivity contribution in [2.24, 2.45) is 0 Å². The minimum absolute atomic E-state index is 0.657. The maximum absolute atomic E-state index is 4.91.